The van der Waals surface area contributed by atoms with Crippen LogP contribution in [-0.4, -0.2) is 24.6 Å². The van der Waals surface area contributed by atoms with Gasteiger partial charge in [-0.1, -0.05) is 132 Å². The van der Waals surface area contributed by atoms with Crippen molar-refractivity contribution in [2.45, 2.75) is 52.4 Å². The molecular weight excluding hydrogens is 904 g/mol. The summed E-state index contributed by atoms with van der Waals surface area (Å²) in [5, 5.41) is 13.3. The first-order chi connectivity index (χ1) is 27.9. The van der Waals surface area contributed by atoms with Crippen LogP contribution in [-0.2, 0) is 31.9 Å². The van der Waals surface area contributed by atoms with Gasteiger partial charge in [0.2, 0.25) is 0 Å². The van der Waals surface area contributed by atoms with Gasteiger partial charge in [0.25, 0.3) is 0 Å². The molecule has 0 fully saturated rings. The van der Waals surface area contributed by atoms with E-state index in [9.17, 15) is 5.11 Å². The van der Waals surface area contributed by atoms with Crippen molar-refractivity contribution >= 4 is 21.9 Å². The van der Waals surface area contributed by atoms with E-state index in [1.807, 2.05) is 54.9 Å². The van der Waals surface area contributed by atoms with E-state index in [-0.39, 0.29) is 37.6 Å². The van der Waals surface area contributed by atoms with Gasteiger partial charge in [-0.2, -0.15) is 0 Å². The Kier molecular flexibility index (Phi) is 10.4. The molecule has 0 bridgehead atoms. The van der Waals surface area contributed by atoms with Gasteiger partial charge in [0.1, 0.15) is 11.4 Å². The Morgan fingerprint density at radius 1 is 0.508 bits per heavy atom. The predicted octanol–water partition coefficient (Wildman–Crippen LogP) is 13.4. The standard InChI is InChI=1S/C53H45N4O.Pt/c1-52(2,3)39-28-37(29-40(33-39)53(4,5)6)38-31-47(56-48(32-38)45-19-10-11-23-49(45)58)36-16-12-15-35(27-36)46-30-34(24-26-54-46)42-20-13-21-43-44-22-14-25-55-51(44)57(50(42)43)41-17-8-7-9-18-41;/h7-26,28-33,58H,1-6H3;/q-1;. The molecule has 0 unspecified atom stereocenters. The summed E-state index contributed by atoms with van der Waals surface area (Å²) in [4.78, 5) is 14.9. The average Bonchev–Trinajstić information content (AvgIpc) is 3.58. The van der Waals surface area contributed by atoms with Gasteiger partial charge in [-0.05, 0) is 87.2 Å². The quantitative estimate of drug-likeness (QED) is 0.169. The van der Waals surface area contributed by atoms with Crippen molar-refractivity contribution in [1.82, 2.24) is 19.5 Å². The fourth-order valence-electron chi connectivity index (χ4n) is 7.79. The summed E-state index contributed by atoms with van der Waals surface area (Å²) in [6.45, 7) is 13.5. The van der Waals surface area contributed by atoms with Crippen molar-refractivity contribution in [3.05, 3.63) is 175 Å². The maximum atomic E-state index is 11.0. The molecular formula is C53H45N4OPt-. The first-order valence-electron chi connectivity index (χ1n) is 19.8. The van der Waals surface area contributed by atoms with Gasteiger partial charge in [-0.3, -0.25) is 14.5 Å². The number of phenolic OH excluding ortho intramolecular Hbond substituents is 1. The fourth-order valence-corrected chi connectivity index (χ4v) is 7.79. The zero-order valence-electron chi connectivity index (χ0n) is 34.1. The van der Waals surface area contributed by atoms with Crippen molar-refractivity contribution in [2.24, 2.45) is 0 Å². The number of hydrogen-bond acceptors (Lipinski definition) is 4. The molecule has 9 aromatic rings. The number of rotatable bonds is 6. The molecule has 0 radical (unpaired) electrons. The topological polar surface area (TPSA) is 63.8 Å². The van der Waals surface area contributed by atoms with Crippen LogP contribution in [0.4, 0.5) is 0 Å². The molecule has 4 aromatic heterocycles. The Hall–Kier alpha value is -6.16. The van der Waals surface area contributed by atoms with Crippen LogP contribution in [0.2, 0.25) is 0 Å². The molecule has 0 amide bonds. The van der Waals surface area contributed by atoms with Crippen LogP contribution in [0.5, 0.6) is 5.75 Å². The second-order valence-corrected chi connectivity index (χ2v) is 17.1. The molecule has 6 heteroatoms. The van der Waals surface area contributed by atoms with Crippen molar-refractivity contribution in [2.75, 3.05) is 0 Å². The van der Waals surface area contributed by atoms with Gasteiger partial charge in [0.15, 0.2) is 0 Å². The van der Waals surface area contributed by atoms with Crippen LogP contribution in [0, 0.1) is 6.07 Å². The van der Waals surface area contributed by atoms with E-state index < -0.39 is 0 Å². The number of aromatic nitrogens is 4. The number of benzene rings is 5. The number of aromatic hydroxyl groups is 1. The molecule has 0 saturated heterocycles. The van der Waals surface area contributed by atoms with Crippen molar-refractivity contribution in [3.63, 3.8) is 0 Å². The Morgan fingerprint density at radius 2 is 1.12 bits per heavy atom. The second-order valence-electron chi connectivity index (χ2n) is 17.1. The van der Waals surface area contributed by atoms with E-state index in [1.165, 1.54) is 11.1 Å². The minimum Gasteiger partial charge on any atom is -0.507 e. The molecule has 294 valence electrons. The third kappa shape index (κ3) is 7.64. The smallest absolute Gasteiger partial charge is 0.145 e. The summed E-state index contributed by atoms with van der Waals surface area (Å²) >= 11 is 0. The predicted molar refractivity (Wildman–Crippen MR) is 239 cm³/mol. The molecule has 5 nitrogen and oxygen atoms in total. The summed E-state index contributed by atoms with van der Waals surface area (Å²) in [6.07, 6.45) is 3.73. The van der Waals surface area contributed by atoms with Crippen molar-refractivity contribution in [1.29, 1.82) is 0 Å². The summed E-state index contributed by atoms with van der Waals surface area (Å²) in [7, 11) is 0. The largest absolute Gasteiger partial charge is 0.507 e. The summed E-state index contributed by atoms with van der Waals surface area (Å²) < 4.78 is 2.26. The van der Waals surface area contributed by atoms with Gasteiger partial charge in [0, 0.05) is 72.4 Å². The molecule has 0 spiro atoms. The SMILES string of the molecule is CC(C)(C)c1cc(-c2cc(-c3[c-]c(-c4cc(-c5cccc6c7cccnc7n(-c7ccccc7)c56)ccn4)ccc3)nc(-c3ccccc3O)c2)cc(C(C)(C)C)c1.[Pt]. The average molecular weight is 949 g/mol. The number of nitrogens with zero attached hydrogens (tertiary/aromatic N) is 4. The van der Waals surface area contributed by atoms with Crippen LogP contribution < -0.4 is 0 Å². The zero-order valence-corrected chi connectivity index (χ0v) is 36.3. The molecule has 59 heavy (non-hydrogen) atoms. The summed E-state index contributed by atoms with van der Waals surface area (Å²) in [6, 6.07) is 53.7. The molecule has 9 rings (SSSR count). The molecule has 0 aliphatic rings. The first kappa shape index (κ1) is 39.7. The second kappa shape index (κ2) is 15.5. The number of phenols is 1. The van der Waals surface area contributed by atoms with Crippen LogP contribution in [0.1, 0.15) is 52.7 Å². The Morgan fingerprint density at radius 3 is 1.85 bits per heavy atom. The van der Waals surface area contributed by atoms with Crippen molar-refractivity contribution < 1.29 is 26.2 Å². The van der Waals surface area contributed by atoms with E-state index in [2.05, 4.69) is 149 Å². The Bertz CT molecular complexity index is 2960. The molecule has 0 aliphatic heterocycles. The van der Waals surface area contributed by atoms with E-state index in [0.29, 0.717) is 11.3 Å². The number of hydrogen-bond donors (Lipinski definition) is 1. The Labute approximate surface area is 360 Å². The van der Waals surface area contributed by atoms with E-state index in [0.717, 1.165) is 72.4 Å². The zero-order chi connectivity index (χ0) is 40.2. The van der Waals surface area contributed by atoms with Gasteiger partial charge in [0.05, 0.1) is 11.2 Å². The van der Waals surface area contributed by atoms with Crippen LogP contribution in [0.3, 0.4) is 0 Å². The number of fused-ring (bicyclic) bond motifs is 3. The van der Waals surface area contributed by atoms with Crippen LogP contribution >= 0.6 is 0 Å². The molecule has 0 aliphatic carbocycles. The fraction of sp³-hybridized carbons (Fsp3) is 0.151. The minimum absolute atomic E-state index is 0. The van der Waals surface area contributed by atoms with E-state index in [4.69, 9.17) is 15.0 Å². The van der Waals surface area contributed by atoms with E-state index in [1.54, 1.807) is 6.07 Å². The normalized spacial score (nSPS) is 11.8. The van der Waals surface area contributed by atoms with Gasteiger partial charge < -0.3 is 5.11 Å². The van der Waals surface area contributed by atoms with Crippen LogP contribution in [0.15, 0.2) is 158 Å². The first-order valence-corrected chi connectivity index (χ1v) is 19.8. The minimum atomic E-state index is -0.0451. The monoisotopic (exact) mass is 948 g/mol. The van der Waals surface area contributed by atoms with Gasteiger partial charge in [-0.25, -0.2) is 4.98 Å². The molecule has 0 atom stereocenters. The third-order valence-electron chi connectivity index (χ3n) is 11.0. The number of para-hydroxylation sites is 3. The van der Waals surface area contributed by atoms with Gasteiger partial charge >= 0.3 is 0 Å². The molecule has 1 N–H and O–H groups in total. The summed E-state index contributed by atoms with van der Waals surface area (Å²) in [5.41, 5.74) is 14.4. The molecule has 5 aromatic carbocycles. The van der Waals surface area contributed by atoms with E-state index >= 15 is 0 Å². The Balaban J connectivity index is 0.00000484. The maximum Gasteiger partial charge on any atom is 0.145 e. The maximum absolute atomic E-state index is 11.0. The van der Waals surface area contributed by atoms with Gasteiger partial charge in [-0.15, -0.1) is 24.3 Å². The molecule has 0 saturated carbocycles. The number of pyridine rings is 3. The third-order valence-corrected chi connectivity index (χ3v) is 11.0. The van der Waals surface area contributed by atoms with Crippen molar-refractivity contribution in [3.8, 4) is 67.5 Å². The summed E-state index contributed by atoms with van der Waals surface area (Å²) in [5.74, 6) is 0.188. The molecule has 4 heterocycles. The van der Waals surface area contributed by atoms with Crippen LogP contribution in [0.25, 0.3) is 83.6 Å².